The maximum atomic E-state index is 5.53. The quantitative estimate of drug-likeness (QED) is 0.745. The van der Waals surface area contributed by atoms with Gasteiger partial charge >= 0.3 is 0 Å². The van der Waals surface area contributed by atoms with Crippen molar-refractivity contribution < 1.29 is 6.16 Å². The topological polar surface area (TPSA) is 27.1 Å². The molecule has 2 aromatic rings. The molecule has 1 aromatic heterocycles. The number of hydrogen-bond donors (Lipinski definition) is 0. The van der Waals surface area contributed by atoms with Gasteiger partial charge in [-0.05, 0) is 61.1 Å². The highest BCUT2D eigenvalue weighted by Gasteiger charge is 2.11. The number of aromatic nitrogens is 2. The van der Waals surface area contributed by atoms with Crippen molar-refractivity contribution in [2.24, 2.45) is 0 Å². The number of hydrogen-bond acceptors (Lipinski definition) is 3. The van der Waals surface area contributed by atoms with Crippen molar-refractivity contribution in [3.05, 3.63) is 50.8 Å². The molecule has 22 heavy (non-hydrogen) atoms. The lowest BCUT2D eigenvalue weighted by molar-refractivity contribution is 0.410. The first-order valence-electron chi connectivity index (χ1n) is 7.56. The van der Waals surface area contributed by atoms with Crippen molar-refractivity contribution >= 4 is 12.2 Å². The van der Waals surface area contributed by atoms with Crippen LogP contribution < -0.4 is 4.74 Å². The predicted molar refractivity (Wildman–Crippen MR) is 95.6 cm³/mol. The molecule has 4 heteroatoms. The molecule has 2 rings (SSSR count). The van der Waals surface area contributed by atoms with E-state index in [0.717, 1.165) is 21.6 Å². The first-order chi connectivity index (χ1) is 10.3. The molecule has 0 aliphatic heterocycles. The second-order valence-corrected chi connectivity index (χ2v) is 6.44. The summed E-state index contributed by atoms with van der Waals surface area (Å²) in [6.07, 6.45) is 0. The summed E-state index contributed by atoms with van der Waals surface area (Å²) in [6, 6.07) is 6.17. The smallest absolute Gasteiger partial charge is 0.123 e. The van der Waals surface area contributed by atoms with E-state index in [2.05, 4.69) is 39.8 Å². The van der Waals surface area contributed by atoms with Gasteiger partial charge in [0.2, 0.25) is 0 Å². The summed E-state index contributed by atoms with van der Waals surface area (Å²) in [5, 5.41) is 4.70. The summed E-state index contributed by atoms with van der Waals surface area (Å²) in [6.45, 7) is 11.2. The zero-order valence-electron chi connectivity index (χ0n) is 14.2. The lowest BCUT2D eigenvalue weighted by Crippen LogP contribution is -2.12. The second kappa shape index (κ2) is 6.61. The van der Waals surface area contributed by atoms with Gasteiger partial charge in [-0.3, -0.25) is 0 Å². The van der Waals surface area contributed by atoms with Gasteiger partial charge in [-0.15, -0.1) is 0 Å². The number of aryl methyl sites for hydroxylation is 2. The Morgan fingerprint density at radius 1 is 1.27 bits per heavy atom. The van der Waals surface area contributed by atoms with Crippen molar-refractivity contribution in [3.8, 4) is 5.75 Å². The summed E-state index contributed by atoms with van der Waals surface area (Å²) in [5.41, 5.74) is 5.87. The zero-order chi connectivity index (χ0) is 16.4. The van der Waals surface area contributed by atoms with E-state index >= 15 is 0 Å². The minimum atomic E-state index is 0. The van der Waals surface area contributed by atoms with Crippen LogP contribution in [0.2, 0.25) is 0 Å². The molecule has 0 radical (unpaired) electrons. The minimum Gasteiger partial charge on any atom is -0.496 e. The lowest BCUT2D eigenvalue weighted by Gasteiger charge is -2.17. The van der Waals surface area contributed by atoms with E-state index in [4.69, 9.17) is 22.1 Å². The first kappa shape index (κ1) is 16.7. The average Bonchev–Trinajstić information content (AvgIpc) is 2.46. The molecule has 0 saturated heterocycles. The van der Waals surface area contributed by atoms with Crippen molar-refractivity contribution in [1.82, 2.24) is 9.78 Å². The molecule has 0 N–H and O–H groups in total. The third kappa shape index (κ3) is 3.22. The Labute approximate surface area is 139 Å². The number of benzene rings is 1. The standard InChI is InChI=1S/C18H24N2OS.H2/c1-11(2)15-9-18(22)20(19-14(15)5)10-16-12(3)7-8-17(21-6)13(16)4;/h7-9,11H,10H2,1-6H3;1H. The van der Waals surface area contributed by atoms with Crippen LogP contribution in [0.5, 0.6) is 5.75 Å². The number of methoxy groups -OCH3 is 1. The van der Waals surface area contributed by atoms with Gasteiger partial charge < -0.3 is 4.74 Å². The van der Waals surface area contributed by atoms with Gasteiger partial charge in [0.1, 0.15) is 10.4 Å². The van der Waals surface area contributed by atoms with Crippen LogP contribution in [0.1, 0.15) is 49.1 Å². The Hall–Kier alpha value is -1.68. The molecule has 0 amide bonds. The third-order valence-corrected chi connectivity index (χ3v) is 4.48. The van der Waals surface area contributed by atoms with Gasteiger partial charge in [-0.1, -0.05) is 32.1 Å². The summed E-state index contributed by atoms with van der Waals surface area (Å²) in [4.78, 5) is 0. The van der Waals surface area contributed by atoms with Crippen LogP contribution in [0.15, 0.2) is 18.2 Å². The molecule has 0 saturated carbocycles. The molecule has 0 atom stereocenters. The molecule has 0 spiro atoms. The molecule has 0 aliphatic carbocycles. The van der Waals surface area contributed by atoms with Gasteiger partial charge in [-0.25, -0.2) is 4.68 Å². The predicted octanol–water partition coefficient (Wildman–Crippen LogP) is 4.96. The largest absolute Gasteiger partial charge is 0.496 e. The van der Waals surface area contributed by atoms with Gasteiger partial charge in [0.05, 0.1) is 19.3 Å². The van der Waals surface area contributed by atoms with E-state index in [0.29, 0.717) is 12.5 Å². The SMILES string of the molecule is COc1ccc(C)c(Cn2nc(C)c(C(C)C)cc2=S)c1C.[HH]. The van der Waals surface area contributed by atoms with Gasteiger partial charge in [0, 0.05) is 1.43 Å². The van der Waals surface area contributed by atoms with E-state index in [-0.39, 0.29) is 1.43 Å². The number of rotatable bonds is 4. The van der Waals surface area contributed by atoms with Crippen LogP contribution in [0.25, 0.3) is 0 Å². The third-order valence-electron chi connectivity index (χ3n) is 4.15. The molecule has 0 bridgehead atoms. The van der Waals surface area contributed by atoms with Crippen molar-refractivity contribution in [2.45, 2.75) is 47.1 Å². The maximum absolute atomic E-state index is 5.53. The molecule has 120 valence electrons. The van der Waals surface area contributed by atoms with Crippen LogP contribution in [-0.4, -0.2) is 16.9 Å². The number of ether oxygens (including phenoxy) is 1. The van der Waals surface area contributed by atoms with Crippen molar-refractivity contribution in [1.29, 1.82) is 0 Å². The fourth-order valence-corrected chi connectivity index (χ4v) is 3.02. The van der Waals surface area contributed by atoms with Crippen LogP contribution in [-0.2, 0) is 6.54 Å². The van der Waals surface area contributed by atoms with E-state index in [1.165, 1.54) is 16.7 Å². The Morgan fingerprint density at radius 3 is 2.55 bits per heavy atom. The fraction of sp³-hybridized carbons (Fsp3) is 0.444. The van der Waals surface area contributed by atoms with Crippen LogP contribution >= 0.6 is 12.2 Å². The molecular weight excluding hydrogens is 292 g/mol. The highest BCUT2D eigenvalue weighted by Crippen LogP contribution is 2.25. The minimum absolute atomic E-state index is 0. The van der Waals surface area contributed by atoms with Gasteiger partial charge in [-0.2, -0.15) is 5.10 Å². The Morgan fingerprint density at radius 2 is 1.95 bits per heavy atom. The Bertz CT molecular complexity index is 753. The summed E-state index contributed by atoms with van der Waals surface area (Å²) >= 11 is 5.53. The van der Waals surface area contributed by atoms with E-state index in [1.807, 2.05) is 17.7 Å². The summed E-state index contributed by atoms with van der Waals surface area (Å²) in [5.74, 6) is 1.34. The highest BCUT2D eigenvalue weighted by molar-refractivity contribution is 7.71. The zero-order valence-corrected chi connectivity index (χ0v) is 15.0. The molecule has 0 unspecified atom stereocenters. The summed E-state index contributed by atoms with van der Waals surface area (Å²) in [7, 11) is 1.70. The van der Waals surface area contributed by atoms with Gasteiger partial charge in [0.15, 0.2) is 0 Å². The molecular formula is C18H26N2OS. The molecule has 0 aliphatic rings. The summed E-state index contributed by atoms with van der Waals surface area (Å²) < 4.78 is 8.11. The second-order valence-electron chi connectivity index (χ2n) is 6.02. The van der Waals surface area contributed by atoms with Crippen LogP contribution in [0, 0.1) is 25.4 Å². The molecule has 1 heterocycles. The van der Waals surface area contributed by atoms with E-state index in [1.54, 1.807) is 7.11 Å². The molecule has 3 nitrogen and oxygen atoms in total. The van der Waals surface area contributed by atoms with Crippen LogP contribution in [0.3, 0.4) is 0 Å². The fourth-order valence-electron chi connectivity index (χ4n) is 2.78. The maximum Gasteiger partial charge on any atom is 0.123 e. The monoisotopic (exact) mass is 318 g/mol. The Balaban J connectivity index is 0.00000264. The van der Waals surface area contributed by atoms with Crippen LogP contribution in [0.4, 0.5) is 0 Å². The Kier molecular flexibility index (Phi) is 5.01. The normalized spacial score (nSPS) is 11.0. The highest BCUT2D eigenvalue weighted by atomic mass is 32.1. The van der Waals surface area contributed by atoms with E-state index < -0.39 is 0 Å². The molecule has 0 fully saturated rings. The van der Waals surface area contributed by atoms with Crippen molar-refractivity contribution in [3.63, 3.8) is 0 Å². The molecule has 1 aromatic carbocycles. The van der Waals surface area contributed by atoms with E-state index in [9.17, 15) is 0 Å². The first-order valence-corrected chi connectivity index (χ1v) is 7.97. The van der Waals surface area contributed by atoms with Gasteiger partial charge in [0.25, 0.3) is 0 Å². The van der Waals surface area contributed by atoms with Crippen molar-refractivity contribution in [2.75, 3.05) is 7.11 Å². The average molecular weight is 318 g/mol. The lowest BCUT2D eigenvalue weighted by atomic mass is 10.0. The number of nitrogens with zero attached hydrogens (tertiary/aromatic N) is 2.